The van der Waals surface area contributed by atoms with Crippen LogP contribution in [0.5, 0.6) is 5.75 Å². The van der Waals surface area contributed by atoms with Gasteiger partial charge in [0.05, 0.1) is 22.7 Å². The van der Waals surface area contributed by atoms with E-state index in [-0.39, 0.29) is 5.11 Å². The fourth-order valence-electron chi connectivity index (χ4n) is 4.06. The molecule has 0 saturated carbocycles. The molecule has 0 bridgehead atoms. The smallest absolute Gasteiger partial charge is 0.261 e. The zero-order valence-corrected chi connectivity index (χ0v) is 20.8. The number of hydrogen-bond acceptors (Lipinski definition) is 5. The van der Waals surface area contributed by atoms with Gasteiger partial charge in [0.2, 0.25) is 0 Å². The van der Waals surface area contributed by atoms with Crippen LogP contribution >= 0.6 is 39.5 Å². The highest BCUT2D eigenvalue weighted by atomic mass is 79.9. The number of methoxy groups -OCH3 is 1. The van der Waals surface area contributed by atoms with E-state index in [1.807, 2.05) is 24.3 Å². The summed E-state index contributed by atoms with van der Waals surface area (Å²) in [6, 6.07) is 9.45. The van der Waals surface area contributed by atoms with Crippen LogP contribution in [-0.4, -0.2) is 24.0 Å². The average Bonchev–Trinajstić information content (AvgIpc) is 3.10. The molecule has 2 aromatic carbocycles. The number of nitrogens with one attached hydrogen (secondary N) is 2. The first-order valence-corrected chi connectivity index (χ1v) is 12.1. The maximum absolute atomic E-state index is 13.0. The third-order valence-corrected chi connectivity index (χ3v) is 7.76. The van der Waals surface area contributed by atoms with Gasteiger partial charge in [0.1, 0.15) is 10.8 Å². The number of carbonyl (C=O) groups excluding carboxylic acids is 2. The molecule has 1 aliphatic carbocycles. The molecule has 1 atom stereocenters. The fourth-order valence-corrected chi connectivity index (χ4v) is 6.47. The van der Waals surface area contributed by atoms with Gasteiger partial charge in [-0.2, -0.15) is 0 Å². The molecule has 0 saturated heterocycles. The molecule has 9 heteroatoms. The second-order valence-corrected chi connectivity index (χ2v) is 10.1. The van der Waals surface area contributed by atoms with E-state index in [1.165, 1.54) is 18.4 Å². The number of halogens is 1. The standard InChI is InChI=1S/C23H22BrN3O3S2/c1-11-7-8-14-16(9-11)32-22(17(14)20(25)28)27-23(31)26-21(29)15-10-12-5-3-4-6-13(12)18(24)19(15)30-2/h3-6,10-11H,7-9H2,1-2H3,(H2,25,28)(H2,26,27,29,31)/t11-/m1/s1. The van der Waals surface area contributed by atoms with Crippen molar-refractivity contribution in [2.75, 3.05) is 12.4 Å². The Kier molecular flexibility index (Phi) is 6.50. The van der Waals surface area contributed by atoms with E-state index in [0.717, 1.165) is 40.5 Å². The van der Waals surface area contributed by atoms with Crippen LogP contribution in [0.4, 0.5) is 5.00 Å². The number of primary amides is 1. The van der Waals surface area contributed by atoms with Crippen molar-refractivity contribution in [1.29, 1.82) is 0 Å². The zero-order valence-electron chi connectivity index (χ0n) is 17.6. The van der Waals surface area contributed by atoms with Crippen molar-refractivity contribution in [3.8, 4) is 5.75 Å². The van der Waals surface area contributed by atoms with Crippen molar-refractivity contribution in [3.05, 3.63) is 56.4 Å². The van der Waals surface area contributed by atoms with E-state index in [2.05, 4.69) is 33.5 Å². The lowest BCUT2D eigenvalue weighted by Crippen LogP contribution is -2.34. The van der Waals surface area contributed by atoms with E-state index in [9.17, 15) is 9.59 Å². The van der Waals surface area contributed by atoms with Crippen LogP contribution < -0.4 is 21.1 Å². The van der Waals surface area contributed by atoms with Gasteiger partial charge in [-0.05, 0) is 75.7 Å². The van der Waals surface area contributed by atoms with Crippen LogP contribution in [0.15, 0.2) is 34.8 Å². The van der Waals surface area contributed by atoms with Crippen molar-refractivity contribution >= 4 is 72.2 Å². The van der Waals surface area contributed by atoms with Crippen molar-refractivity contribution in [2.45, 2.75) is 26.2 Å². The lowest BCUT2D eigenvalue weighted by atomic mass is 9.88. The molecular formula is C23H22BrN3O3S2. The molecule has 0 spiro atoms. The topological polar surface area (TPSA) is 93.4 Å². The van der Waals surface area contributed by atoms with Gasteiger partial charge < -0.3 is 15.8 Å². The summed E-state index contributed by atoms with van der Waals surface area (Å²) in [4.78, 5) is 26.3. The average molecular weight is 532 g/mol. The largest absolute Gasteiger partial charge is 0.495 e. The van der Waals surface area contributed by atoms with Gasteiger partial charge in [-0.1, -0.05) is 31.2 Å². The summed E-state index contributed by atoms with van der Waals surface area (Å²) in [5.74, 6) is 0.0674. The highest BCUT2D eigenvalue weighted by Gasteiger charge is 2.27. The molecule has 0 aliphatic heterocycles. The summed E-state index contributed by atoms with van der Waals surface area (Å²) in [5.41, 5.74) is 7.48. The molecule has 0 radical (unpaired) electrons. The molecule has 1 aliphatic rings. The van der Waals surface area contributed by atoms with Crippen molar-refractivity contribution in [1.82, 2.24) is 5.32 Å². The van der Waals surface area contributed by atoms with Crippen molar-refractivity contribution in [3.63, 3.8) is 0 Å². The highest BCUT2D eigenvalue weighted by molar-refractivity contribution is 9.10. The Morgan fingerprint density at radius 3 is 2.78 bits per heavy atom. The summed E-state index contributed by atoms with van der Waals surface area (Å²) in [5, 5.41) is 8.22. The Hall–Kier alpha value is -2.49. The van der Waals surface area contributed by atoms with Gasteiger partial charge in [-0.25, -0.2) is 0 Å². The van der Waals surface area contributed by atoms with Crippen LogP contribution in [0.25, 0.3) is 10.8 Å². The maximum atomic E-state index is 13.0. The number of thiophene rings is 1. The Bertz CT molecular complexity index is 1260. The molecule has 4 N–H and O–H groups in total. The molecule has 3 aromatic rings. The molecule has 4 rings (SSSR count). The minimum absolute atomic E-state index is 0.0930. The summed E-state index contributed by atoms with van der Waals surface area (Å²) < 4.78 is 6.18. The van der Waals surface area contributed by atoms with Gasteiger partial charge in [0.25, 0.3) is 11.8 Å². The first kappa shape index (κ1) is 22.7. The number of nitrogens with two attached hydrogens (primary N) is 1. The Morgan fingerprint density at radius 2 is 2.06 bits per heavy atom. The number of carbonyl (C=O) groups is 2. The first-order chi connectivity index (χ1) is 15.3. The van der Waals surface area contributed by atoms with Crippen LogP contribution in [-0.2, 0) is 12.8 Å². The lowest BCUT2D eigenvalue weighted by molar-refractivity contribution is 0.0972. The Balaban J connectivity index is 1.60. The first-order valence-electron chi connectivity index (χ1n) is 10.1. The minimum atomic E-state index is -0.492. The number of thiocarbonyl (C=S) groups is 1. The molecule has 1 heterocycles. The van der Waals surface area contributed by atoms with Gasteiger partial charge in [-0.3, -0.25) is 14.9 Å². The quantitative estimate of drug-likeness (QED) is 0.411. The van der Waals surface area contributed by atoms with E-state index in [4.69, 9.17) is 22.7 Å². The predicted molar refractivity (Wildman–Crippen MR) is 136 cm³/mol. The van der Waals surface area contributed by atoms with E-state index in [0.29, 0.717) is 32.3 Å². The highest BCUT2D eigenvalue weighted by Crippen LogP contribution is 2.40. The number of ether oxygens (including phenoxy) is 1. The van der Waals surface area contributed by atoms with E-state index >= 15 is 0 Å². The fraction of sp³-hybridized carbons (Fsp3) is 0.261. The summed E-state index contributed by atoms with van der Waals surface area (Å²) in [6.45, 7) is 2.19. The predicted octanol–water partition coefficient (Wildman–Crippen LogP) is 5.02. The summed E-state index contributed by atoms with van der Waals surface area (Å²) in [7, 11) is 1.51. The van der Waals surface area contributed by atoms with Crippen LogP contribution in [0.1, 0.15) is 44.5 Å². The normalized spacial score (nSPS) is 15.2. The van der Waals surface area contributed by atoms with Gasteiger partial charge in [-0.15, -0.1) is 11.3 Å². The third kappa shape index (κ3) is 4.24. The molecule has 0 fully saturated rings. The van der Waals surface area contributed by atoms with Gasteiger partial charge >= 0.3 is 0 Å². The number of benzene rings is 2. The number of fused-ring (bicyclic) bond motifs is 2. The van der Waals surface area contributed by atoms with E-state index in [1.54, 1.807) is 6.07 Å². The second-order valence-electron chi connectivity index (χ2n) is 7.82. The molecule has 6 nitrogen and oxygen atoms in total. The van der Waals surface area contributed by atoms with Crippen molar-refractivity contribution < 1.29 is 14.3 Å². The summed E-state index contributed by atoms with van der Waals surface area (Å²) >= 11 is 10.4. The van der Waals surface area contributed by atoms with Gasteiger partial charge in [0, 0.05) is 4.88 Å². The number of hydrogen-bond donors (Lipinski definition) is 3. The molecule has 1 aromatic heterocycles. The number of rotatable bonds is 4. The monoisotopic (exact) mass is 531 g/mol. The summed E-state index contributed by atoms with van der Waals surface area (Å²) in [6.07, 6.45) is 2.74. The van der Waals surface area contributed by atoms with Crippen LogP contribution in [0.2, 0.25) is 0 Å². The molecule has 166 valence electrons. The molecule has 2 amide bonds. The lowest BCUT2D eigenvalue weighted by Gasteiger charge is -2.18. The molecular weight excluding hydrogens is 510 g/mol. The minimum Gasteiger partial charge on any atom is -0.495 e. The van der Waals surface area contributed by atoms with Crippen molar-refractivity contribution in [2.24, 2.45) is 11.7 Å². The van der Waals surface area contributed by atoms with Gasteiger partial charge in [0.15, 0.2) is 5.11 Å². The second kappa shape index (κ2) is 9.17. The van der Waals surface area contributed by atoms with E-state index < -0.39 is 11.8 Å². The van der Waals surface area contributed by atoms with Crippen LogP contribution in [0.3, 0.4) is 0 Å². The molecule has 32 heavy (non-hydrogen) atoms. The SMILES string of the molecule is COc1c(C(=O)NC(=S)Nc2sc3c(c2C(N)=O)CC[C@@H](C)C3)cc2ccccc2c1Br. The maximum Gasteiger partial charge on any atom is 0.261 e. The zero-order chi connectivity index (χ0) is 23.0. The number of amides is 2. The third-order valence-electron chi connectivity index (χ3n) is 5.60. The Labute approximate surface area is 203 Å². The number of anilines is 1. The molecule has 0 unspecified atom stereocenters. The Morgan fingerprint density at radius 1 is 1.31 bits per heavy atom. The van der Waals surface area contributed by atoms with Crippen LogP contribution in [0, 0.1) is 5.92 Å².